The van der Waals surface area contributed by atoms with Crippen LogP contribution in [-0.2, 0) is 9.59 Å². The number of nitrogens with zero attached hydrogens (tertiary/aromatic N) is 2. The molecule has 1 aromatic carbocycles. The molecule has 0 aliphatic carbocycles. The first-order valence-electron chi connectivity index (χ1n) is 9.10. The molecule has 1 unspecified atom stereocenters. The lowest BCUT2D eigenvalue weighted by atomic mass is 10.0. The van der Waals surface area contributed by atoms with Crippen LogP contribution in [0.4, 0.5) is 0 Å². The minimum absolute atomic E-state index is 0.0256. The van der Waals surface area contributed by atoms with Crippen molar-refractivity contribution in [1.29, 1.82) is 0 Å². The second-order valence-corrected chi connectivity index (χ2v) is 6.83. The number of amides is 1. The first-order valence-corrected chi connectivity index (χ1v) is 9.10. The van der Waals surface area contributed by atoms with E-state index in [2.05, 4.69) is 4.90 Å². The van der Waals surface area contributed by atoms with Crippen LogP contribution < -0.4 is 4.74 Å². The maximum absolute atomic E-state index is 12.7. The van der Waals surface area contributed by atoms with Gasteiger partial charge in [0.1, 0.15) is 18.4 Å². The van der Waals surface area contributed by atoms with Crippen LogP contribution in [-0.4, -0.2) is 65.1 Å². The molecule has 6 heteroatoms. The number of ether oxygens (including phenoxy) is 1. The van der Waals surface area contributed by atoms with E-state index >= 15 is 0 Å². The van der Waals surface area contributed by atoms with Gasteiger partial charge in [0, 0.05) is 19.6 Å². The summed E-state index contributed by atoms with van der Waals surface area (Å²) in [6, 6.07) is 9.64. The first-order chi connectivity index (χ1) is 12.1. The van der Waals surface area contributed by atoms with Gasteiger partial charge < -0.3 is 14.7 Å². The molecule has 1 amide bonds. The Labute approximate surface area is 148 Å². The Kier molecular flexibility index (Phi) is 5.91. The Morgan fingerprint density at radius 2 is 1.80 bits per heavy atom. The molecular formula is C19H26N2O4. The molecule has 2 aliphatic rings. The number of carboxylic acid groups (broad SMARTS) is 1. The fourth-order valence-electron chi connectivity index (χ4n) is 3.74. The first kappa shape index (κ1) is 17.7. The van der Waals surface area contributed by atoms with Crippen LogP contribution in [0.15, 0.2) is 30.3 Å². The van der Waals surface area contributed by atoms with Gasteiger partial charge >= 0.3 is 5.97 Å². The van der Waals surface area contributed by atoms with Gasteiger partial charge in [-0.3, -0.25) is 14.5 Å². The third kappa shape index (κ3) is 4.72. The number of para-hydroxylation sites is 1. The average molecular weight is 346 g/mol. The predicted molar refractivity (Wildman–Crippen MR) is 93.5 cm³/mol. The number of rotatable bonds is 5. The van der Waals surface area contributed by atoms with Gasteiger partial charge in [-0.15, -0.1) is 0 Å². The second kappa shape index (κ2) is 8.34. The molecular weight excluding hydrogens is 320 g/mol. The second-order valence-electron chi connectivity index (χ2n) is 6.83. The molecule has 136 valence electrons. The van der Waals surface area contributed by atoms with Gasteiger partial charge in [0.2, 0.25) is 5.91 Å². The summed E-state index contributed by atoms with van der Waals surface area (Å²) in [5, 5.41) is 9.02. The molecule has 2 aliphatic heterocycles. The Morgan fingerprint density at radius 3 is 2.48 bits per heavy atom. The largest absolute Gasteiger partial charge is 0.490 e. The third-order valence-corrected chi connectivity index (χ3v) is 5.04. The number of carboxylic acids is 1. The Bertz CT molecular complexity index is 584. The summed E-state index contributed by atoms with van der Waals surface area (Å²) < 4.78 is 6.02. The number of benzene rings is 1. The topological polar surface area (TPSA) is 70.1 Å². The number of aliphatic carboxylic acids is 1. The molecule has 3 rings (SSSR count). The molecule has 2 fully saturated rings. The molecule has 1 N–H and O–H groups in total. The van der Waals surface area contributed by atoms with Crippen molar-refractivity contribution in [1.82, 2.24) is 9.80 Å². The number of carbonyl (C=O) groups excluding carboxylic acids is 1. The zero-order chi connectivity index (χ0) is 17.6. The van der Waals surface area contributed by atoms with Crippen molar-refractivity contribution in [3.63, 3.8) is 0 Å². The van der Waals surface area contributed by atoms with Crippen LogP contribution in [0.25, 0.3) is 0 Å². The summed E-state index contributed by atoms with van der Waals surface area (Å²) >= 11 is 0. The molecule has 0 bridgehead atoms. The molecule has 6 nitrogen and oxygen atoms in total. The monoisotopic (exact) mass is 346 g/mol. The lowest BCUT2D eigenvalue weighted by Crippen LogP contribution is -2.52. The van der Waals surface area contributed by atoms with Crippen LogP contribution in [0.1, 0.15) is 32.1 Å². The number of piperidine rings is 1. The van der Waals surface area contributed by atoms with Crippen LogP contribution in [0.2, 0.25) is 0 Å². The van der Waals surface area contributed by atoms with E-state index < -0.39 is 5.97 Å². The highest BCUT2D eigenvalue weighted by atomic mass is 16.5. The quantitative estimate of drug-likeness (QED) is 0.883. The van der Waals surface area contributed by atoms with Gasteiger partial charge in [0.15, 0.2) is 0 Å². The van der Waals surface area contributed by atoms with E-state index in [1.807, 2.05) is 30.3 Å². The van der Waals surface area contributed by atoms with Crippen LogP contribution in [0.3, 0.4) is 0 Å². The fraction of sp³-hybridized carbons (Fsp3) is 0.579. The van der Waals surface area contributed by atoms with E-state index in [9.17, 15) is 9.59 Å². The normalized spacial score (nSPS) is 23.3. The summed E-state index contributed by atoms with van der Waals surface area (Å²) in [5.74, 6) is -0.0783. The molecule has 0 radical (unpaired) electrons. The molecule has 1 atom stereocenters. The van der Waals surface area contributed by atoms with Gasteiger partial charge in [0.25, 0.3) is 0 Å². The number of hydrogen-bond acceptors (Lipinski definition) is 4. The van der Waals surface area contributed by atoms with Crippen molar-refractivity contribution in [2.45, 2.75) is 44.2 Å². The van der Waals surface area contributed by atoms with Crippen molar-refractivity contribution >= 4 is 11.9 Å². The van der Waals surface area contributed by atoms with Crippen molar-refractivity contribution in [2.75, 3.05) is 26.2 Å². The van der Waals surface area contributed by atoms with Gasteiger partial charge in [-0.05, 0) is 44.2 Å². The molecule has 0 aromatic heterocycles. The van der Waals surface area contributed by atoms with Crippen LogP contribution >= 0.6 is 0 Å². The van der Waals surface area contributed by atoms with Gasteiger partial charge in [0.05, 0.1) is 6.04 Å². The van der Waals surface area contributed by atoms with E-state index in [4.69, 9.17) is 9.84 Å². The Morgan fingerprint density at radius 1 is 1.08 bits per heavy atom. The minimum atomic E-state index is -0.941. The Hall–Kier alpha value is -2.08. The van der Waals surface area contributed by atoms with Crippen LogP contribution in [0.5, 0.6) is 5.75 Å². The zero-order valence-corrected chi connectivity index (χ0v) is 14.5. The average Bonchev–Trinajstić information content (AvgIpc) is 2.78. The lowest BCUT2D eigenvalue weighted by Gasteiger charge is -2.37. The van der Waals surface area contributed by atoms with E-state index in [-0.39, 0.29) is 24.6 Å². The molecule has 2 saturated heterocycles. The minimum Gasteiger partial charge on any atom is -0.490 e. The number of hydrogen-bond donors (Lipinski definition) is 1. The van der Waals surface area contributed by atoms with Crippen LogP contribution in [0, 0.1) is 0 Å². The maximum atomic E-state index is 12.7. The zero-order valence-electron chi connectivity index (χ0n) is 14.5. The third-order valence-electron chi connectivity index (χ3n) is 5.04. The highest BCUT2D eigenvalue weighted by Gasteiger charge is 2.34. The molecule has 0 saturated carbocycles. The molecule has 1 aromatic rings. The summed E-state index contributed by atoms with van der Waals surface area (Å²) in [6.45, 7) is 1.99. The standard InChI is InChI=1S/C19H26N2O4/c22-18(23)14-21-11-5-4-8-17(19(21)24)20-12-9-16(10-13-20)25-15-6-2-1-3-7-15/h1-3,6-7,16-17H,4-5,8-14H2,(H,22,23). The van der Waals surface area contributed by atoms with Gasteiger partial charge in [-0.1, -0.05) is 18.2 Å². The highest BCUT2D eigenvalue weighted by Crippen LogP contribution is 2.24. The van der Waals surface area contributed by atoms with Crippen molar-refractivity contribution in [3.8, 4) is 5.75 Å². The summed E-state index contributed by atoms with van der Waals surface area (Å²) in [4.78, 5) is 27.5. The summed E-state index contributed by atoms with van der Waals surface area (Å²) in [7, 11) is 0. The van der Waals surface area contributed by atoms with E-state index in [1.165, 1.54) is 4.90 Å². The lowest BCUT2D eigenvalue weighted by molar-refractivity contribution is -0.146. The summed E-state index contributed by atoms with van der Waals surface area (Å²) in [5.41, 5.74) is 0. The maximum Gasteiger partial charge on any atom is 0.323 e. The highest BCUT2D eigenvalue weighted by molar-refractivity contribution is 5.85. The molecule has 25 heavy (non-hydrogen) atoms. The number of likely N-dealkylation sites (tertiary alicyclic amines) is 2. The van der Waals surface area contributed by atoms with Crippen molar-refractivity contribution in [2.24, 2.45) is 0 Å². The summed E-state index contributed by atoms with van der Waals surface area (Å²) in [6.07, 6.45) is 4.61. The SMILES string of the molecule is O=C(O)CN1CCCCC(N2CCC(Oc3ccccc3)CC2)C1=O. The van der Waals surface area contributed by atoms with E-state index in [1.54, 1.807) is 0 Å². The molecule has 0 spiro atoms. The van der Waals surface area contributed by atoms with Gasteiger partial charge in [-0.2, -0.15) is 0 Å². The number of carbonyl (C=O) groups is 2. The van der Waals surface area contributed by atoms with Crippen molar-refractivity contribution < 1.29 is 19.4 Å². The van der Waals surface area contributed by atoms with Crippen molar-refractivity contribution in [3.05, 3.63) is 30.3 Å². The van der Waals surface area contributed by atoms with E-state index in [0.29, 0.717) is 6.54 Å². The smallest absolute Gasteiger partial charge is 0.323 e. The van der Waals surface area contributed by atoms with E-state index in [0.717, 1.165) is 50.9 Å². The predicted octanol–water partition coefficient (Wildman–Crippen LogP) is 2.00. The molecule has 2 heterocycles. The Balaban J connectivity index is 1.55. The van der Waals surface area contributed by atoms with Gasteiger partial charge in [-0.25, -0.2) is 0 Å². The fourth-order valence-corrected chi connectivity index (χ4v) is 3.74.